The van der Waals surface area contributed by atoms with E-state index in [0.29, 0.717) is 55.5 Å². The Labute approximate surface area is 318 Å². The first-order valence-electron chi connectivity index (χ1n) is 19.2. The summed E-state index contributed by atoms with van der Waals surface area (Å²) in [4.78, 5) is 32.4. The van der Waals surface area contributed by atoms with Gasteiger partial charge in [-0.25, -0.2) is 13.6 Å². The molecule has 2 fully saturated rings. The molecule has 4 aromatic rings. The normalized spacial score (nSPS) is 20.9. The molecule has 8 rings (SSSR count). The Balaban J connectivity index is 1.00. The lowest BCUT2D eigenvalue weighted by Crippen LogP contribution is -2.50. The Bertz CT molecular complexity index is 2040. The standard InChI is InChI=1S/C39H48F2N10O4/c1-24(52)48-16-11-33-31(22-48)38(50-12-4-5-25-17-29(27-19-42-46(2)20-27)30(37(40)41)18-34(25)50)45-51(33)28-9-13-47(14-10-28)21-26-8-15-49(23-35(26)55-3)36-7-6-32(39(53)54)43-44-36/h6-7,17-20,26,28,35,37H,4-5,8-16,21-23H2,1-3H3,(H,53,54)/t26-,35?/m1/s1. The third-order valence-corrected chi connectivity index (χ3v) is 12.0. The van der Waals surface area contributed by atoms with Crippen LogP contribution in [-0.2, 0) is 36.0 Å². The van der Waals surface area contributed by atoms with Gasteiger partial charge in [0.05, 0.1) is 24.9 Å². The van der Waals surface area contributed by atoms with Gasteiger partial charge in [-0.2, -0.15) is 10.2 Å². The molecule has 7 heterocycles. The van der Waals surface area contributed by atoms with E-state index in [9.17, 15) is 23.5 Å². The molecular formula is C39H48F2N10O4. The number of methoxy groups -OCH3 is 1. The number of anilines is 3. The summed E-state index contributed by atoms with van der Waals surface area (Å²) in [6.07, 6.45) is 5.84. The molecule has 1 amide bonds. The van der Waals surface area contributed by atoms with Gasteiger partial charge in [0.25, 0.3) is 6.43 Å². The number of nitrogens with zero attached hydrogens (tertiary/aromatic N) is 10. The molecule has 0 saturated carbocycles. The van der Waals surface area contributed by atoms with Gasteiger partial charge in [-0.05, 0) is 67.5 Å². The number of ether oxygens (including phenoxy) is 1. The van der Waals surface area contributed by atoms with Crippen molar-refractivity contribution in [2.45, 2.75) is 70.6 Å². The van der Waals surface area contributed by atoms with Crippen LogP contribution in [0.15, 0.2) is 36.7 Å². The quantitative estimate of drug-likeness (QED) is 0.250. The predicted molar refractivity (Wildman–Crippen MR) is 201 cm³/mol. The van der Waals surface area contributed by atoms with Crippen molar-refractivity contribution in [3.8, 4) is 11.1 Å². The van der Waals surface area contributed by atoms with Gasteiger partial charge in [0.15, 0.2) is 17.3 Å². The highest BCUT2D eigenvalue weighted by Gasteiger charge is 2.36. The van der Waals surface area contributed by atoms with Crippen molar-refractivity contribution in [2.75, 3.05) is 62.7 Å². The van der Waals surface area contributed by atoms with Crippen LogP contribution in [0.25, 0.3) is 11.1 Å². The highest BCUT2D eigenvalue weighted by Crippen LogP contribution is 2.44. The summed E-state index contributed by atoms with van der Waals surface area (Å²) < 4.78 is 39.2. The van der Waals surface area contributed by atoms with Crippen LogP contribution < -0.4 is 9.80 Å². The van der Waals surface area contributed by atoms with E-state index in [2.05, 4.69) is 34.7 Å². The minimum atomic E-state index is -2.66. The van der Waals surface area contributed by atoms with E-state index in [1.165, 1.54) is 6.07 Å². The molecule has 2 saturated heterocycles. The molecular weight excluding hydrogens is 710 g/mol. The maximum Gasteiger partial charge on any atom is 0.356 e. The Morgan fingerprint density at radius 1 is 1.04 bits per heavy atom. The first-order valence-corrected chi connectivity index (χ1v) is 19.2. The first kappa shape index (κ1) is 37.0. The molecule has 4 aliphatic rings. The number of piperidine rings is 2. The molecule has 292 valence electrons. The maximum atomic E-state index is 14.7. The predicted octanol–water partition coefficient (Wildman–Crippen LogP) is 4.88. The monoisotopic (exact) mass is 758 g/mol. The summed E-state index contributed by atoms with van der Waals surface area (Å²) in [6, 6.07) is 6.93. The second kappa shape index (κ2) is 15.3. The van der Waals surface area contributed by atoms with Crippen molar-refractivity contribution >= 4 is 29.2 Å². The molecule has 0 aliphatic carbocycles. The van der Waals surface area contributed by atoms with E-state index in [1.807, 2.05) is 11.0 Å². The number of carboxylic acids is 1. The average Bonchev–Trinajstić information content (AvgIpc) is 3.81. The molecule has 55 heavy (non-hydrogen) atoms. The van der Waals surface area contributed by atoms with Gasteiger partial charge in [-0.15, -0.1) is 10.2 Å². The smallest absolute Gasteiger partial charge is 0.356 e. The van der Waals surface area contributed by atoms with Crippen LogP contribution in [0.4, 0.5) is 26.1 Å². The molecule has 0 radical (unpaired) electrons. The number of aryl methyl sites for hydroxylation is 2. The number of amides is 1. The van der Waals surface area contributed by atoms with Crippen molar-refractivity contribution in [3.05, 3.63) is 64.7 Å². The average molecular weight is 759 g/mol. The molecule has 0 bridgehead atoms. The van der Waals surface area contributed by atoms with Crippen molar-refractivity contribution in [1.82, 2.24) is 39.6 Å². The highest BCUT2D eigenvalue weighted by atomic mass is 19.3. The van der Waals surface area contributed by atoms with Gasteiger partial charge < -0.3 is 29.4 Å². The minimum absolute atomic E-state index is 0.00390. The Morgan fingerprint density at radius 3 is 2.53 bits per heavy atom. The number of carboxylic acid groups (broad SMARTS) is 1. The van der Waals surface area contributed by atoms with E-state index >= 15 is 0 Å². The molecule has 3 aromatic heterocycles. The van der Waals surface area contributed by atoms with E-state index in [-0.39, 0.29) is 29.3 Å². The molecule has 14 nitrogen and oxygen atoms in total. The van der Waals surface area contributed by atoms with Crippen LogP contribution in [0.3, 0.4) is 0 Å². The minimum Gasteiger partial charge on any atom is -0.476 e. The highest BCUT2D eigenvalue weighted by molar-refractivity contribution is 5.85. The van der Waals surface area contributed by atoms with E-state index in [1.54, 1.807) is 50.3 Å². The number of likely N-dealkylation sites (tertiary alicyclic amines) is 1. The molecule has 0 spiro atoms. The van der Waals surface area contributed by atoms with Gasteiger partial charge in [-0.3, -0.25) is 14.2 Å². The number of carbonyl (C=O) groups excluding carboxylic acids is 1. The lowest BCUT2D eigenvalue weighted by molar-refractivity contribution is -0.129. The number of hydrogen-bond donors (Lipinski definition) is 1. The van der Waals surface area contributed by atoms with Crippen LogP contribution in [0, 0.1) is 5.92 Å². The zero-order valence-corrected chi connectivity index (χ0v) is 31.6. The van der Waals surface area contributed by atoms with E-state index < -0.39 is 12.4 Å². The number of carbonyl (C=O) groups is 2. The topological polar surface area (TPSA) is 138 Å². The van der Waals surface area contributed by atoms with Crippen molar-refractivity contribution < 1.29 is 28.2 Å². The van der Waals surface area contributed by atoms with Crippen LogP contribution in [-0.4, -0.2) is 116 Å². The fourth-order valence-corrected chi connectivity index (χ4v) is 9.01. The summed E-state index contributed by atoms with van der Waals surface area (Å²) in [5, 5.41) is 26.7. The fraction of sp³-hybridized carbons (Fsp3) is 0.538. The number of aromatic carboxylic acids is 1. The third-order valence-electron chi connectivity index (χ3n) is 12.0. The number of fused-ring (bicyclic) bond motifs is 2. The molecule has 2 atom stereocenters. The molecule has 4 aliphatic heterocycles. The summed E-state index contributed by atoms with van der Waals surface area (Å²) in [5.74, 6) is 0.675. The Kier molecular flexibility index (Phi) is 10.3. The Morgan fingerprint density at radius 2 is 1.85 bits per heavy atom. The van der Waals surface area contributed by atoms with Gasteiger partial charge in [-0.1, -0.05) is 0 Å². The number of hydrogen-bond acceptors (Lipinski definition) is 10. The summed E-state index contributed by atoms with van der Waals surface area (Å²) >= 11 is 0. The van der Waals surface area contributed by atoms with E-state index in [4.69, 9.17) is 9.84 Å². The molecule has 1 aromatic carbocycles. The van der Waals surface area contributed by atoms with Crippen molar-refractivity contribution in [2.24, 2.45) is 13.0 Å². The first-order chi connectivity index (χ1) is 26.6. The zero-order valence-electron chi connectivity index (χ0n) is 31.6. The van der Waals surface area contributed by atoms with Gasteiger partial charge in [0, 0.05) is 114 Å². The SMILES string of the molecule is COC1CN(c2ccc(C(=O)O)nn2)CC[C@@H]1CN1CCC(n2nc(N3CCCc4cc(-c5cnn(C)c5)c(C(F)F)cc43)c3c2CCN(C(C)=O)C3)CC1. The summed E-state index contributed by atoms with van der Waals surface area (Å²) in [7, 11) is 3.53. The second-order valence-electron chi connectivity index (χ2n) is 15.3. The number of aromatic nitrogens is 6. The third kappa shape index (κ3) is 7.29. The number of rotatable bonds is 9. The van der Waals surface area contributed by atoms with Gasteiger partial charge in [0.2, 0.25) is 5.91 Å². The number of halogens is 2. The largest absolute Gasteiger partial charge is 0.476 e. The number of benzene rings is 1. The molecule has 1 unspecified atom stereocenters. The Hall–Kier alpha value is -4.96. The fourth-order valence-electron chi connectivity index (χ4n) is 9.01. The van der Waals surface area contributed by atoms with Crippen LogP contribution in [0.2, 0.25) is 0 Å². The van der Waals surface area contributed by atoms with Crippen molar-refractivity contribution in [3.63, 3.8) is 0 Å². The van der Waals surface area contributed by atoms with Gasteiger partial charge >= 0.3 is 5.97 Å². The van der Waals surface area contributed by atoms with E-state index in [0.717, 1.165) is 86.6 Å². The molecule has 16 heteroatoms. The molecule has 1 N–H and O–H groups in total. The summed E-state index contributed by atoms with van der Waals surface area (Å²) in [6.45, 7) is 7.50. The summed E-state index contributed by atoms with van der Waals surface area (Å²) in [5.41, 5.74) is 5.02. The number of alkyl halides is 2. The lowest BCUT2D eigenvalue weighted by Gasteiger charge is -2.41. The lowest BCUT2D eigenvalue weighted by atomic mass is 9.92. The van der Waals surface area contributed by atoms with Crippen molar-refractivity contribution in [1.29, 1.82) is 0 Å². The van der Waals surface area contributed by atoms with Crippen LogP contribution in [0.1, 0.15) is 77.9 Å². The zero-order chi connectivity index (χ0) is 38.4. The van der Waals surface area contributed by atoms with Crippen LogP contribution in [0.5, 0.6) is 0 Å². The van der Waals surface area contributed by atoms with Gasteiger partial charge in [0.1, 0.15) is 0 Å². The van der Waals surface area contributed by atoms with Crippen LogP contribution >= 0.6 is 0 Å². The second-order valence-corrected chi connectivity index (χ2v) is 15.3. The maximum absolute atomic E-state index is 14.7.